The molecule has 1 saturated carbocycles. The third-order valence-corrected chi connectivity index (χ3v) is 4.10. The van der Waals surface area contributed by atoms with E-state index >= 15 is 0 Å². The van der Waals surface area contributed by atoms with Crippen molar-refractivity contribution in [2.24, 2.45) is 11.7 Å². The molecule has 0 amide bonds. The quantitative estimate of drug-likeness (QED) is 0.914. The molecule has 2 nitrogen and oxygen atoms in total. The van der Waals surface area contributed by atoms with Crippen LogP contribution in [0.3, 0.4) is 0 Å². The Balaban J connectivity index is 2.08. The number of hydrogen-bond acceptors (Lipinski definition) is 2. The number of benzene rings is 1. The molecule has 0 aliphatic heterocycles. The topological polar surface area (TPSA) is 35.2 Å². The van der Waals surface area contributed by atoms with Crippen LogP contribution in [0, 0.1) is 5.92 Å². The van der Waals surface area contributed by atoms with Crippen LogP contribution >= 0.6 is 27.5 Å². The second-order valence-electron chi connectivity index (χ2n) is 4.51. The molecule has 17 heavy (non-hydrogen) atoms. The summed E-state index contributed by atoms with van der Waals surface area (Å²) >= 11 is 9.54. The van der Waals surface area contributed by atoms with Gasteiger partial charge in [-0.2, -0.15) is 0 Å². The van der Waals surface area contributed by atoms with Gasteiger partial charge < -0.3 is 10.5 Å². The van der Waals surface area contributed by atoms with Gasteiger partial charge in [0.15, 0.2) is 0 Å². The fraction of sp³-hybridized carbons (Fsp3) is 0.538. The minimum Gasteiger partial charge on any atom is -0.489 e. The monoisotopic (exact) mass is 317 g/mol. The summed E-state index contributed by atoms with van der Waals surface area (Å²) in [5, 5.41) is 0.653. The average molecular weight is 319 g/mol. The van der Waals surface area contributed by atoms with Gasteiger partial charge in [0.25, 0.3) is 0 Å². The van der Waals surface area contributed by atoms with E-state index in [1.54, 1.807) is 0 Å². The first kappa shape index (κ1) is 13.2. The predicted molar refractivity (Wildman–Crippen MR) is 74.6 cm³/mol. The first-order valence-electron chi connectivity index (χ1n) is 6.02. The van der Waals surface area contributed by atoms with E-state index in [-0.39, 0.29) is 6.10 Å². The highest BCUT2D eigenvalue weighted by Gasteiger charge is 2.26. The maximum atomic E-state index is 6.15. The molecule has 0 radical (unpaired) electrons. The van der Waals surface area contributed by atoms with Gasteiger partial charge in [-0.15, -0.1) is 0 Å². The van der Waals surface area contributed by atoms with Crippen LogP contribution in [-0.2, 0) is 0 Å². The van der Waals surface area contributed by atoms with Crippen LogP contribution in [0.15, 0.2) is 22.7 Å². The molecule has 2 rings (SSSR count). The molecule has 2 unspecified atom stereocenters. The predicted octanol–water partition coefficient (Wildman–Crippen LogP) is 4.00. The van der Waals surface area contributed by atoms with Crippen molar-refractivity contribution in [3.05, 3.63) is 27.7 Å². The Labute approximate surface area is 116 Å². The summed E-state index contributed by atoms with van der Waals surface area (Å²) in [6.07, 6.45) is 4.93. The van der Waals surface area contributed by atoms with Crippen molar-refractivity contribution in [3.8, 4) is 5.75 Å². The lowest BCUT2D eigenvalue weighted by Crippen LogP contribution is -2.35. The first-order valence-corrected chi connectivity index (χ1v) is 7.19. The van der Waals surface area contributed by atoms with Gasteiger partial charge in [-0.3, -0.25) is 0 Å². The minimum absolute atomic E-state index is 0.215. The van der Waals surface area contributed by atoms with E-state index in [0.29, 0.717) is 17.5 Å². The zero-order valence-electron chi connectivity index (χ0n) is 9.66. The molecule has 1 aliphatic carbocycles. The van der Waals surface area contributed by atoms with Crippen molar-refractivity contribution in [3.63, 3.8) is 0 Å². The maximum Gasteiger partial charge on any atom is 0.138 e. The molecule has 94 valence electrons. The SMILES string of the molecule is NCC1CCCCC1Oc1ccc(Br)cc1Cl. The van der Waals surface area contributed by atoms with Gasteiger partial charge in [0.05, 0.1) is 5.02 Å². The fourth-order valence-corrected chi connectivity index (χ4v) is 3.05. The summed E-state index contributed by atoms with van der Waals surface area (Å²) in [7, 11) is 0. The standard InChI is InChI=1S/C13H17BrClNO/c14-10-5-6-13(11(15)7-10)17-12-4-2-1-3-9(12)8-16/h5-7,9,12H,1-4,8,16H2. The fourth-order valence-electron chi connectivity index (χ4n) is 2.33. The summed E-state index contributed by atoms with van der Waals surface area (Å²) in [6, 6.07) is 5.72. The van der Waals surface area contributed by atoms with Crippen molar-refractivity contribution < 1.29 is 4.74 Å². The Hall–Kier alpha value is -0.250. The van der Waals surface area contributed by atoms with Crippen LogP contribution in [0.5, 0.6) is 5.75 Å². The normalized spacial score (nSPS) is 24.6. The minimum atomic E-state index is 0.215. The average Bonchev–Trinajstić information content (AvgIpc) is 2.33. The molecule has 1 aliphatic rings. The van der Waals surface area contributed by atoms with Gasteiger partial charge in [-0.25, -0.2) is 0 Å². The summed E-state index contributed by atoms with van der Waals surface area (Å²) in [6.45, 7) is 0.693. The highest BCUT2D eigenvalue weighted by Crippen LogP contribution is 2.33. The lowest BCUT2D eigenvalue weighted by atomic mass is 9.86. The molecule has 0 saturated heterocycles. The Morgan fingerprint density at radius 2 is 2.12 bits per heavy atom. The molecular weight excluding hydrogens is 302 g/mol. The Morgan fingerprint density at radius 3 is 2.82 bits per heavy atom. The van der Waals surface area contributed by atoms with Crippen LogP contribution in [0.1, 0.15) is 25.7 Å². The molecule has 1 aromatic carbocycles. The molecule has 0 bridgehead atoms. The number of ether oxygens (including phenoxy) is 1. The number of hydrogen-bond donors (Lipinski definition) is 1. The Morgan fingerprint density at radius 1 is 1.35 bits per heavy atom. The Kier molecular flexibility index (Phi) is 4.71. The molecule has 1 fully saturated rings. The highest BCUT2D eigenvalue weighted by atomic mass is 79.9. The number of halogens is 2. The second-order valence-corrected chi connectivity index (χ2v) is 5.83. The van der Waals surface area contributed by atoms with E-state index in [4.69, 9.17) is 22.1 Å². The van der Waals surface area contributed by atoms with Gasteiger partial charge in [0.1, 0.15) is 11.9 Å². The van der Waals surface area contributed by atoms with Gasteiger partial charge in [-0.1, -0.05) is 34.0 Å². The van der Waals surface area contributed by atoms with E-state index < -0.39 is 0 Å². The van der Waals surface area contributed by atoms with Gasteiger partial charge in [0, 0.05) is 10.4 Å². The third-order valence-electron chi connectivity index (χ3n) is 3.31. The first-order chi connectivity index (χ1) is 8.20. The van der Waals surface area contributed by atoms with Crippen molar-refractivity contribution >= 4 is 27.5 Å². The van der Waals surface area contributed by atoms with Crippen LogP contribution in [0.25, 0.3) is 0 Å². The zero-order chi connectivity index (χ0) is 12.3. The molecule has 2 atom stereocenters. The smallest absolute Gasteiger partial charge is 0.138 e. The Bertz CT molecular complexity index is 386. The maximum absolute atomic E-state index is 6.15. The molecule has 0 aromatic heterocycles. The van der Waals surface area contributed by atoms with Crippen LogP contribution < -0.4 is 10.5 Å². The van der Waals surface area contributed by atoms with Gasteiger partial charge in [0.2, 0.25) is 0 Å². The van der Waals surface area contributed by atoms with E-state index in [2.05, 4.69) is 15.9 Å². The second kappa shape index (κ2) is 6.07. The van der Waals surface area contributed by atoms with E-state index in [0.717, 1.165) is 23.1 Å². The molecule has 4 heteroatoms. The van der Waals surface area contributed by atoms with E-state index in [1.165, 1.54) is 12.8 Å². The lowest BCUT2D eigenvalue weighted by Gasteiger charge is -2.31. The number of nitrogens with two attached hydrogens (primary N) is 1. The molecular formula is C13H17BrClNO. The summed E-state index contributed by atoms with van der Waals surface area (Å²) in [5.74, 6) is 1.23. The summed E-state index contributed by atoms with van der Waals surface area (Å²) in [4.78, 5) is 0. The third kappa shape index (κ3) is 3.36. The highest BCUT2D eigenvalue weighted by molar-refractivity contribution is 9.10. The zero-order valence-corrected chi connectivity index (χ0v) is 12.0. The van der Waals surface area contributed by atoms with Crippen LogP contribution in [-0.4, -0.2) is 12.6 Å². The van der Waals surface area contributed by atoms with E-state index in [9.17, 15) is 0 Å². The molecule has 1 aromatic rings. The van der Waals surface area contributed by atoms with Crippen molar-refractivity contribution in [2.75, 3.05) is 6.54 Å². The van der Waals surface area contributed by atoms with Crippen LogP contribution in [0.4, 0.5) is 0 Å². The van der Waals surface area contributed by atoms with Crippen molar-refractivity contribution in [1.82, 2.24) is 0 Å². The summed E-state index contributed by atoms with van der Waals surface area (Å²) in [5.41, 5.74) is 5.79. The van der Waals surface area contributed by atoms with Crippen molar-refractivity contribution in [2.45, 2.75) is 31.8 Å². The molecule has 2 N–H and O–H groups in total. The largest absolute Gasteiger partial charge is 0.489 e. The summed E-state index contributed by atoms with van der Waals surface area (Å²) < 4.78 is 6.98. The number of rotatable bonds is 3. The molecule has 0 spiro atoms. The van der Waals surface area contributed by atoms with Crippen LogP contribution in [0.2, 0.25) is 5.02 Å². The molecule has 0 heterocycles. The van der Waals surface area contributed by atoms with Crippen molar-refractivity contribution in [1.29, 1.82) is 0 Å². The van der Waals surface area contributed by atoms with Gasteiger partial charge in [-0.05, 0) is 44.0 Å². The van der Waals surface area contributed by atoms with Gasteiger partial charge >= 0.3 is 0 Å². The lowest BCUT2D eigenvalue weighted by molar-refractivity contribution is 0.0971. The van der Waals surface area contributed by atoms with E-state index in [1.807, 2.05) is 18.2 Å².